The van der Waals surface area contributed by atoms with Crippen molar-refractivity contribution in [1.29, 1.82) is 0 Å². The SMILES string of the molecule is C=C(CO)c1ccc(-c2ccc(-c3cc(OC)c(-c4ccc(C(=C)CO)cc4)cc3CCCCCC)cc2)cc1. The predicted octanol–water partition coefficient (Wildman–Crippen LogP) is 8.83. The van der Waals surface area contributed by atoms with Crippen molar-refractivity contribution in [1.82, 2.24) is 0 Å². The van der Waals surface area contributed by atoms with E-state index in [1.54, 1.807) is 7.11 Å². The van der Waals surface area contributed by atoms with Gasteiger partial charge in [0.25, 0.3) is 0 Å². The molecule has 0 amide bonds. The summed E-state index contributed by atoms with van der Waals surface area (Å²) in [7, 11) is 1.73. The van der Waals surface area contributed by atoms with Crippen LogP contribution in [0.3, 0.4) is 0 Å². The largest absolute Gasteiger partial charge is 0.496 e. The standard InChI is InChI=1S/C37H40O3/c1-5-6-7-8-9-34-22-36(33-18-12-29(13-19-33)27(3)25-39)37(40-4)23-35(34)32-20-16-31(17-21-32)30-14-10-28(11-15-30)26(2)24-38/h10-23,38-39H,2-3,5-9,24-25H2,1,4H3. The molecule has 0 unspecified atom stereocenters. The van der Waals surface area contributed by atoms with E-state index in [4.69, 9.17) is 4.74 Å². The van der Waals surface area contributed by atoms with Gasteiger partial charge in [-0.1, -0.05) is 112 Å². The van der Waals surface area contributed by atoms with Crippen molar-refractivity contribution in [3.63, 3.8) is 0 Å². The molecule has 4 aromatic carbocycles. The maximum Gasteiger partial charge on any atom is 0.127 e. The second kappa shape index (κ2) is 13.9. The highest BCUT2D eigenvalue weighted by Gasteiger charge is 2.15. The predicted molar refractivity (Wildman–Crippen MR) is 169 cm³/mol. The molecule has 2 N–H and O–H groups in total. The van der Waals surface area contributed by atoms with E-state index in [2.05, 4.69) is 80.7 Å². The number of benzene rings is 4. The Bertz CT molecular complexity index is 1430. The van der Waals surface area contributed by atoms with E-state index in [1.807, 2.05) is 24.3 Å². The van der Waals surface area contributed by atoms with Crippen LogP contribution in [-0.4, -0.2) is 30.5 Å². The first-order valence-corrected chi connectivity index (χ1v) is 14.1. The summed E-state index contributed by atoms with van der Waals surface area (Å²) in [6.45, 7) is 10.00. The number of methoxy groups -OCH3 is 1. The fourth-order valence-electron chi connectivity index (χ4n) is 5.05. The summed E-state index contributed by atoms with van der Waals surface area (Å²) < 4.78 is 5.91. The van der Waals surface area contributed by atoms with Gasteiger partial charge in [0.15, 0.2) is 0 Å². The maximum absolute atomic E-state index is 9.44. The summed E-state index contributed by atoms with van der Waals surface area (Å²) in [6, 6.07) is 29.5. The minimum Gasteiger partial charge on any atom is -0.496 e. The van der Waals surface area contributed by atoms with Crippen LogP contribution in [0.15, 0.2) is 98.1 Å². The van der Waals surface area contributed by atoms with E-state index in [9.17, 15) is 10.2 Å². The number of rotatable bonds is 13. The van der Waals surface area contributed by atoms with Crippen LogP contribution in [0.2, 0.25) is 0 Å². The number of hydrogen-bond acceptors (Lipinski definition) is 3. The van der Waals surface area contributed by atoms with Crippen LogP contribution in [0.4, 0.5) is 0 Å². The van der Waals surface area contributed by atoms with Gasteiger partial charge < -0.3 is 14.9 Å². The average molecular weight is 533 g/mol. The van der Waals surface area contributed by atoms with Gasteiger partial charge in [0.05, 0.1) is 20.3 Å². The van der Waals surface area contributed by atoms with Gasteiger partial charge in [-0.05, 0) is 80.6 Å². The Hall–Kier alpha value is -3.92. The Morgan fingerprint density at radius 2 is 1.10 bits per heavy atom. The third kappa shape index (κ3) is 6.80. The first kappa shape index (κ1) is 29.1. The molecular formula is C37H40O3. The Morgan fingerprint density at radius 3 is 1.60 bits per heavy atom. The van der Waals surface area contributed by atoms with Crippen molar-refractivity contribution < 1.29 is 14.9 Å². The lowest BCUT2D eigenvalue weighted by atomic mass is 9.90. The van der Waals surface area contributed by atoms with Gasteiger partial charge in [0.2, 0.25) is 0 Å². The monoisotopic (exact) mass is 532 g/mol. The van der Waals surface area contributed by atoms with Crippen LogP contribution in [0, 0.1) is 0 Å². The van der Waals surface area contributed by atoms with Gasteiger partial charge in [-0.25, -0.2) is 0 Å². The Labute approximate surface area is 239 Å². The third-order valence-corrected chi connectivity index (χ3v) is 7.53. The number of aliphatic hydroxyl groups is 2. The van der Waals surface area contributed by atoms with Gasteiger partial charge in [0.1, 0.15) is 5.75 Å². The molecule has 0 heterocycles. The van der Waals surface area contributed by atoms with Crippen LogP contribution >= 0.6 is 0 Å². The van der Waals surface area contributed by atoms with Crippen molar-refractivity contribution in [2.75, 3.05) is 20.3 Å². The zero-order valence-corrected chi connectivity index (χ0v) is 23.7. The molecule has 3 heteroatoms. The Kier molecular flexibility index (Phi) is 10.1. The van der Waals surface area contributed by atoms with Gasteiger partial charge in [-0.15, -0.1) is 0 Å². The molecule has 0 bridgehead atoms. The molecule has 0 saturated carbocycles. The van der Waals surface area contributed by atoms with Crippen molar-refractivity contribution in [2.45, 2.75) is 39.0 Å². The van der Waals surface area contributed by atoms with Crippen LogP contribution in [0.5, 0.6) is 5.75 Å². The maximum atomic E-state index is 9.44. The molecule has 0 saturated heterocycles. The van der Waals surface area contributed by atoms with Crippen LogP contribution < -0.4 is 4.74 Å². The number of unbranched alkanes of at least 4 members (excludes halogenated alkanes) is 3. The van der Waals surface area contributed by atoms with Crippen LogP contribution in [0.25, 0.3) is 44.5 Å². The summed E-state index contributed by atoms with van der Waals surface area (Å²) in [5, 5.41) is 18.8. The first-order valence-electron chi connectivity index (χ1n) is 14.1. The van der Waals surface area contributed by atoms with E-state index in [0.29, 0.717) is 5.57 Å². The van der Waals surface area contributed by atoms with Gasteiger partial charge in [0, 0.05) is 5.56 Å². The minimum absolute atomic E-state index is 0.0398. The Balaban J connectivity index is 1.69. The van der Waals surface area contributed by atoms with E-state index in [-0.39, 0.29) is 13.2 Å². The summed E-state index contributed by atoms with van der Waals surface area (Å²) in [5.41, 5.74) is 11.4. The summed E-state index contributed by atoms with van der Waals surface area (Å²) in [5.74, 6) is 0.838. The molecule has 4 aromatic rings. The molecular weight excluding hydrogens is 492 g/mol. The molecule has 0 fully saturated rings. The molecule has 0 aromatic heterocycles. The topological polar surface area (TPSA) is 49.7 Å². The molecule has 206 valence electrons. The van der Waals surface area contributed by atoms with Crippen LogP contribution in [-0.2, 0) is 6.42 Å². The smallest absolute Gasteiger partial charge is 0.127 e. The second-order valence-corrected chi connectivity index (χ2v) is 10.3. The normalized spacial score (nSPS) is 10.9. The van der Waals surface area contributed by atoms with E-state index in [1.165, 1.54) is 36.0 Å². The van der Waals surface area contributed by atoms with Crippen molar-refractivity contribution >= 4 is 11.1 Å². The number of aliphatic hydroxyl groups excluding tert-OH is 2. The fourth-order valence-corrected chi connectivity index (χ4v) is 5.05. The molecule has 0 aliphatic heterocycles. The van der Waals surface area contributed by atoms with Gasteiger partial charge >= 0.3 is 0 Å². The Morgan fingerprint density at radius 1 is 0.625 bits per heavy atom. The zero-order chi connectivity index (χ0) is 28.5. The average Bonchev–Trinajstić information content (AvgIpc) is 3.02. The van der Waals surface area contributed by atoms with Crippen LogP contribution in [0.1, 0.15) is 49.3 Å². The van der Waals surface area contributed by atoms with Gasteiger partial charge in [-0.2, -0.15) is 0 Å². The van der Waals surface area contributed by atoms with Crippen molar-refractivity contribution in [3.8, 4) is 39.1 Å². The molecule has 0 spiro atoms. The third-order valence-electron chi connectivity index (χ3n) is 7.53. The highest BCUT2D eigenvalue weighted by molar-refractivity contribution is 5.81. The van der Waals surface area contributed by atoms with Gasteiger partial charge in [-0.3, -0.25) is 0 Å². The van der Waals surface area contributed by atoms with E-state index < -0.39 is 0 Å². The van der Waals surface area contributed by atoms with E-state index in [0.717, 1.165) is 57.5 Å². The summed E-state index contributed by atoms with van der Waals surface area (Å²) in [6.07, 6.45) is 5.82. The molecule has 40 heavy (non-hydrogen) atoms. The molecule has 0 radical (unpaired) electrons. The first-order chi connectivity index (χ1) is 19.5. The lowest BCUT2D eigenvalue weighted by Gasteiger charge is -2.17. The highest BCUT2D eigenvalue weighted by Crippen LogP contribution is 2.39. The second-order valence-electron chi connectivity index (χ2n) is 10.3. The summed E-state index contributed by atoms with van der Waals surface area (Å²) >= 11 is 0. The van der Waals surface area contributed by atoms with Crippen molar-refractivity contribution in [2.24, 2.45) is 0 Å². The highest BCUT2D eigenvalue weighted by atomic mass is 16.5. The number of ether oxygens (including phenoxy) is 1. The molecule has 3 nitrogen and oxygen atoms in total. The lowest BCUT2D eigenvalue weighted by molar-refractivity contribution is 0.350. The fraction of sp³-hybridized carbons (Fsp3) is 0.243. The van der Waals surface area contributed by atoms with E-state index >= 15 is 0 Å². The molecule has 0 aliphatic carbocycles. The zero-order valence-electron chi connectivity index (χ0n) is 23.7. The quantitative estimate of drug-likeness (QED) is 0.169. The molecule has 0 aliphatic rings. The minimum atomic E-state index is -0.0527. The number of aryl methyl sites for hydroxylation is 1. The van der Waals surface area contributed by atoms with Crippen molar-refractivity contribution in [3.05, 3.63) is 115 Å². The number of hydrogen-bond donors (Lipinski definition) is 2. The lowest BCUT2D eigenvalue weighted by Crippen LogP contribution is -1.97. The summed E-state index contributed by atoms with van der Waals surface area (Å²) in [4.78, 5) is 0. The molecule has 4 rings (SSSR count). The molecule has 0 atom stereocenters.